The second-order valence-corrected chi connectivity index (χ2v) is 7.60. The Kier molecular flexibility index (Phi) is 5.29. The summed E-state index contributed by atoms with van der Waals surface area (Å²) in [4.78, 5) is 20.1. The normalized spacial score (nSPS) is 13.6. The van der Waals surface area contributed by atoms with Gasteiger partial charge in [-0.2, -0.15) is 0 Å². The van der Waals surface area contributed by atoms with Crippen LogP contribution in [-0.4, -0.2) is 21.0 Å². The van der Waals surface area contributed by atoms with Crippen LogP contribution in [0.2, 0.25) is 0 Å². The van der Waals surface area contributed by atoms with E-state index in [9.17, 15) is 9.90 Å². The Bertz CT molecular complexity index is 1210. The third-order valence-corrected chi connectivity index (χ3v) is 5.19. The number of anilines is 1. The molecule has 0 radical (unpaired) electrons. The minimum atomic E-state index is -0.976. The molecule has 2 aromatic carbocycles. The fourth-order valence-corrected chi connectivity index (χ4v) is 3.62. The molecule has 0 spiro atoms. The molecule has 2 heterocycles. The predicted molar refractivity (Wildman–Crippen MR) is 121 cm³/mol. The van der Waals surface area contributed by atoms with Crippen LogP contribution in [0.1, 0.15) is 51.4 Å². The van der Waals surface area contributed by atoms with Gasteiger partial charge < -0.3 is 15.2 Å². The molecule has 6 nitrogen and oxygen atoms in total. The average molecular weight is 413 g/mol. The molecule has 0 bridgehead atoms. The maximum absolute atomic E-state index is 11.6. The first-order valence-electron chi connectivity index (χ1n) is 9.94. The van der Waals surface area contributed by atoms with E-state index in [0.29, 0.717) is 23.0 Å². The maximum atomic E-state index is 11.6. The summed E-state index contributed by atoms with van der Waals surface area (Å²) in [5, 5.41) is 12.8. The fraction of sp³-hybridized carbons (Fsp3) is 0.160. The van der Waals surface area contributed by atoms with Crippen LogP contribution in [0.25, 0.3) is 11.3 Å². The second kappa shape index (κ2) is 8.07. The summed E-state index contributed by atoms with van der Waals surface area (Å²) in [6, 6.07) is 10.7. The lowest BCUT2D eigenvalue weighted by atomic mass is 9.93. The largest absolute Gasteiger partial charge is 0.478 e. The summed E-state index contributed by atoms with van der Waals surface area (Å²) < 4.78 is 6.31. The molecule has 1 unspecified atom stereocenters. The number of fused-ring (bicyclic) bond motifs is 1. The lowest BCUT2D eigenvalue weighted by Crippen LogP contribution is -2.14. The molecule has 0 aliphatic carbocycles. The monoisotopic (exact) mass is 413 g/mol. The smallest absolute Gasteiger partial charge is 0.337 e. The highest BCUT2D eigenvalue weighted by atomic mass is 16.5. The Hall–Kier alpha value is -3.93. The van der Waals surface area contributed by atoms with E-state index >= 15 is 0 Å². The van der Waals surface area contributed by atoms with Gasteiger partial charge in [0, 0.05) is 29.2 Å². The van der Waals surface area contributed by atoms with Gasteiger partial charge in [0.2, 0.25) is 0 Å². The summed E-state index contributed by atoms with van der Waals surface area (Å²) in [5.74, 6) is 1.03. The van der Waals surface area contributed by atoms with E-state index in [1.54, 1.807) is 30.6 Å². The van der Waals surface area contributed by atoms with Crippen LogP contribution >= 0.6 is 0 Å². The number of ether oxygens (including phenoxy) is 1. The highest BCUT2D eigenvalue weighted by Gasteiger charge is 2.24. The Labute approximate surface area is 181 Å². The number of nitrogens with one attached hydrogen (secondary N) is 1. The van der Waals surface area contributed by atoms with E-state index in [-0.39, 0.29) is 11.6 Å². The molecule has 0 amide bonds. The van der Waals surface area contributed by atoms with Crippen molar-refractivity contribution in [2.45, 2.75) is 26.8 Å². The Morgan fingerprint density at radius 3 is 2.58 bits per heavy atom. The van der Waals surface area contributed by atoms with E-state index in [2.05, 4.69) is 21.9 Å². The van der Waals surface area contributed by atoms with Crippen molar-refractivity contribution in [1.82, 2.24) is 9.97 Å². The van der Waals surface area contributed by atoms with Crippen molar-refractivity contribution in [3.63, 3.8) is 0 Å². The quantitative estimate of drug-likeness (QED) is 0.582. The molecule has 156 valence electrons. The topological polar surface area (TPSA) is 84.3 Å². The van der Waals surface area contributed by atoms with Gasteiger partial charge in [-0.25, -0.2) is 14.8 Å². The number of carbonyl (C=O) groups is 1. The number of benzene rings is 2. The third kappa shape index (κ3) is 4.05. The van der Waals surface area contributed by atoms with Crippen molar-refractivity contribution in [2.75, 3.05) is 5.32 Å². The lowest BCUT2D eigenvalue weighted by Gasteiger charge is -2.26. The molecule has 1 aromatic heterocycles. The molecule has 0 fully saturated rings. The molecule has 6 heteroatoms. The number of carboxylic acids is 1. The predicted octanol–water partition coefficient (Wildman–Crippen LogP) is 5.41. The van der Waals surface area contributed by atoms with Gasteiger partial charge in [0.05, 0.1) is 17.2 Å². The summed E-state index contributed by atoms with van der Waals surface area (Å²) in [5.41, 5.74) is 5.26. The molecule has 1 aliphatic rings. The SMILES string of the molecule is C=C1C=C(c2cnc(C)nc2)Oc2c1cc(C)cc2C(C)Nc1ccccc1C(=O)O. The molecule has 0 saturated heterocycles. The van der Waals surface area contributed by atoms with Crippen molar-refractivity contribution < 1.29 is 14.6 Å². The molecule has 0 saturated carbocycles. The van der Waals surface area contributed by atoms with Gasteiger partial charge in [0.25, 0.3) is 0 Å². The highest BCUT2D eigenvalue weighted by Crippen LogP contribution is 2.42. The van der Waals surface area contributed by atoms with Crippen molar-refractivity contribution in [3.05, 3.63) is 95.1 Å². The first kappa shape index (κ1) is 20.3. The van der Waals surface area contributed by atoms with Crippen molar-refractivity contribution >= 4 is 23.0 Å². The number of carboxylic acid groups (broad SMARTS) is 1. The third-order valence-electron chi connectivity index (χ3n) is 5.19. The number of rotatable bonds is 5. The molecule has 3 aromatic rings. The maximum Gasteiger partial charge on any atom is 0.337 e. The zero-order valence-corrected chi connectivity index (χ0v) is 17.6. The van der Waals surface area contributed by atoms with Crippen LogP contribution in [0, 0.1) is 13.8 Å². The first-order chi connectivity index (χ1) is 14.8. The Morgan fingerprint density at radius 1 is 1.16 bits per heavy atom. The molecular weight excluding hydrogens is 390 g/mol. The van der Waals surface area contributed by atoms with E-state index in [4.69, 9.17) is 4.74 Å². The zero-order chi connectivity index (χ0) is 22.1. The Balaban J connectivity index is 1.73. The first-order valence-corrected chi connectivity index (χ1v) is 9.94. The van der Waals surface area contributed by atoms with Crippen molar-refractivity contribution in [2.24, 2.45) is 0 Å². The summed E-state index contributed by atoms with van der Waals surface area (Å²) >= 11 is 0. The minimum Gasteiger partial charge on any atom is -0.478 e. The van der Waals surface area contributed by atoms with Gasteiger partial charge in [0.1, 0.15) is 17.3 Å². The molecular formula is C25H23N3O3. The summed E-state index contributed by atoms with van der Waals surface area (Å²) in [6.45, 7) is 10.0. The lowest BCUT2D eigenvalue weighted by molar-refractivity contribution is 0.0698. The van der Waals surface area contributed by atoms with Gasteiger partial charge in [-0.1, -0.05) is 24.8 Å². The number of nitrogens with zero attached hydrogens (tertiary/aromatic N) is 2. The second-order valence-electron chi connectivity index (χ2n) is 7.60. The van der Waals surface area contributed by atoms with E-state index in [0.717, 1.165) is 27.8 Å². The van der Waals surface area contributed by atoms with E-state index in [1.165, 1.54) is 0 Å². The average Bonchev–Trinajstić information content (AvgIpc) is 2.74. The number of hydrogen-bond donors (Lipinski definition) is 2. The highest BCUT2D eigenvalue weighted by molar-refractivity contribution is 5.94. The van der Waals surface area contributed by atoms with Crippen LogP contribution in [0.3, 0.4) is 0 Å². The van der Waals surface area contributed by atoms with E-state index < -0.39 is 5.97 Å². The molecule has 4 rings (SSSR count). The molecule has 1 atom stereocenters. The van der Waals surface area contributed by atoms with Crippen molar-refractivity contribution in [3.8, 4) is 5.75 Å². The van der Waals surface area contributed by atoms with Crippen LogP contribution in [0.15, 0.2) is 61.4 Å². The summed E-state index contributed by atoms with van der Waals surface area (Å²) in [7, 11) is 0. The van der Waals surface area contributed by atoms with Gasteiger partial charge in [-0.3, -0.25) is 0 Å². The van der Waals surface area contributed by atoms with Gasteiger partial charge in [-0.05, 0) is 56.2 Å². The van der Waals surface area contributed by atoms with Gasteiger partial charge in [0.15, 0.2) is 0 Å². The van der Waals surface area contributed by atoms with Crippen molar-refractivity contribution in [1.29, 1.82) is 0 Å². The Morgan fingerprint density at radius 2 is 1.87 bits per heavy atom. The zero-order valence-electron chi connectivity index (χ0n) is 17.6. The van der Waals surface area contributed by atoms with Crippen LogP contribution < -0.4 is 10.1 Å². The molecule has 2 N–H and O–H groups in total. The number of aromatic carboxylic acids is 1. The number of aryl methyl sites for hydroxylation is 2. The van der Waals surface area contributed by atoms with Crippen LogP contribution in [-0.2, 0) is 0 Å². The number of para-hydroxylation sites is 1. The number of hydrogen-bond acceptors (Lipinski definition) is 5. The molecule has 1 aliphatic heterocycles. The number of aromatic nitrogens is 2. The molecule has 31 heavy (non-hydrogen) atoms. The summed E-state index contributed by atoms with van der Waals surface area (Å²) in [6.07, 6.45) is 5.34. The fourth-order valence-electron chi connectivity index (χ4n) is 3.62. The standard InChI is InChI=1S/C25H23N3O3/c1-14-9-20-15(2)11-23(18-12-26-17(4)27-13-18)31-24(20)21(10-14)16(3)28-22-8-6-5-7-19(22)25(29)30/h5-13,16,28H,2H2,1,3-4H3,(H,29,30). The van der Waals surface area contributed by atoms with Crippen LogP contribution in [0.4, 0.5) is 5.69 Å². The van der Waals surface area contributed by atoms with Crippen LogP contribution in [0.5, 0.6) is 5.75 Å². The van der Waals surface area contributed by atoms with Gasteiger partial charge >= 0.3 is 5.97 Å². The van der Waals surface area contributed by atoms with Gasteiger partial charge in [-0.15, -0.1) is 0 Å². The van der Waals surface area contributed by atoms with E-state index in [1.807, 2.05) is 45.0 Å². The number of allylic oxidation sites excluding steroid dienone is 2. The minimum absolute atomic E-state index is 0.212.